The summed E-state index contributed by atoms with van der Waals surface area (Å²) in [5.74, 6) is 0.842. The number of amides is 1. The Morgan fingerprint density at radius 1 is 1.25 bits per heavy atom. The average Bonchev–Trinajstić information content (AvgIpc) is 3.03. The van der Waals surface area contributed by atoms with E-state index < -0.39 is 0 Å². The van der Waals surface area contributed by atoms with E-state index in [9.17, 15) is 4.79 Å². The van der Waals surface area contributed by atoms with Crippen LogP contribution in [0.25, 0.3) is 11.4 Å². The number of rotatable bonds is 5. The SMILES string of the molecule is CNC(=O)Cn1ccc(-c2cc(Oc3cccc(N)c3)ncn2)n1. The molecule has 2 heterocycles. The van der Waals surface area contributed by atoms with Gasteiger partial charge in [-0.15, -0.1) is 0 Å². The maximum atomic E-state index is 11.4. The predicted octanol–water partition coefficient (Wildman–Crippen LogP) is 1.46. The molecule has 1 amide bonds. The number of hydrogen-bond donors (Lipinski definition) is 2. The van der Waals surface area contributed by atoms with Gasteiger partial charge in [0.15, 0.2) is 0 Å². The van der Waals surface area contributed by atoms with Crippen LogP contribution in [0.15, 0.2) is 48.9 Å². The van der Waals surface area contributed by atoms with Gasteiger partial charge in [0, 0.05) is 31.1 Å². The molecule has 0 saturated heterocycles. The van der Waals surface area contributed by atoms with Gasteiger partial charge >= 0.3 is 0 Å². The lowest BCUT2D eigenvalue weighted by Crippen LogP contribution is -2.23. The summed E-state index contributed by atoms with van der Waals surface area (Å²) < 4.78 is 7.22. The molecular formula is C16H16N6O2. The summed E-state index contributed by atoms with van der Waals surface area (Å²) >= 11 is 0. The molecular weight excluding hydrogens is 308 g/mol. The Hall–Kier alpha value is -3.42. The number of carbonyl (C=O) groups excluding carboxylic acids is 1. The van der Waals surface area contributed by atoms with Crippen LogP contribution >= 0.6 is 0 Å². The lowest BCUT2D eigenvalue weighted by molar-refractivity contribution is -0.121. The summed E-state index contributed by atoms with van der Waals surface area (Å²) in [4.78, 5) is 19.7. The molecule has 8 heteroatoms. The van der Waals surface area contributed by atoms with Crippen LogP contribution < -0.4 is 15.8 Å². The molecule has 0 saturated carbocycles. The zero-order valence-corrected chi connectivity index (χ0v) is 13.0. The van der Waals surface area contributed by atoms with Crippen LogP contribution in [0.4, 0.5) is 5.69 Å². The number of nitrogens with zero attached hydrogens (tertiary/aromatic N) is 4. The van der Waals surface area contributed by atoms with Crippen LogP contribution in [0.3, 0.4) is 0 Å². The first kappa shape index (κ1) is 15.5. The van der Waals surface area contributed by atoms with E-state index in [4.69, 9.17) is 10.5 Å². The summed E-state index contributed by atoms with van der Waals surface area (Å²) in [6.07, 6.45) is 3.11. The first-order valence-electron chi connectivity index (χ1n) is 7.24. The molecule has 0 aliphatic heterocycles. The number of benzene rings is 1. The minimum Gasteiger partial charge on any atom is -0.439 e. The number of ether oxygens (including phenoxy) is 1. The summed E-state index contributed by atoms with van der Waals surface area (Å²) in [6, 6.07) is 10.5. The maximum absolute atomic E-state index is 11.4. The fraction of sp³-hybridized carbons (Fsp3) is 0.125. The maximum Gasteiger partial charge on any atom is 0.241 e. The number of nitrogens with one attached hydrogen (secondary N) is 1. The van der Waals surface area contributed by atoms with Crippen molar-refractivity contribution in [3.8, 4) is 23.0 Å². The summed E-state index contributed by atoms with van der Waals surface area (Å²) in [6.45, 7) is 0.147. The van der Waals surface area contributed by atoms with Gasteiger partial charge in [-0.25, -0.2) is 9.97 Å². The molecule has 0 bridgehead atoms. The average molecular weight is 324 g/mol. The lowest BCUT2D eigenvalue weighted by atomic mass is 10.3. The first-order valence-corrected chi connectivity index (χ1v) is 7.24. The molecule has 3 N–H and O–H groups in total. The van der Waals surface area contributed by atoms with Crippen LogP contribution in [0.2, 0.25) is 0 Å². The van der Waals surface area contributed by atoms with E-state index in [2.05, 4.69) is 20.4 Å². The molecule has 0 unspecified atom stereocenters. The minimum atomic E-state index is -0.127. The molecule has 0 aliphatic carbocycles. The van der Waals surface area contributed by atoms with Gasteiger partial charge in [0.2, 0.25) is 11.8 Å². The van der Waals surface area contributed by atoms with Gasteiger partial charge in [-0.3, -0.25) is 9.48 Å². The van der Waals surface area contributed by atoms with Crippen LogP contribution in [-0.4, -0.2) is 32.7 Å². The third-order valence-electron chi connectivity index (χ3n) is 3.21. The van der Waals surface area contributed by atoms with Gasteiger partial charge < -0.3 is 15.8 Å². The zero-order valence-electron chi connectivity index (χ0n) is 13.0. The van der Waals surface area contributed by atoms with Gasteiger partial charge in [0.25, 0.3) is 0 Å². The smallest absolute Gasteiger partial charge is 0.241 e. The van der Waals surface area contributed by atoms with Crippen molar-refractivity contribution in [3.05, 3.63) is 48.9 Å². The van der Waals surface area contributed by atoms with E-state index in [0.717, 1.165) is 0 Å². The molecule has 122 valence electrons. The fourth-order valence-corrected chi connectivity index (χ4v) is 2.05. The quantitative estimate of drug-likeness (QED) is 0.688. The highest BCUT2D eigenvalue weighted by Gasteiger charge is 2.09. The number of nitrogen functional groups attached to an aromatic ring is 1. The highest BCUT2D eigenvalue weighted by molar-refractivity contribution is 5.75. The van der Waals surface area contributed by atoms with Crippen molar-refractivity contribution in [2.45, 2.75) is 6.54 Å². The fourth-order valence-electron chi connectivity index (χ4n) is 2.05. The summed E-state index contributed by atoms with van der Waals surface area (Å²) in [5.41, 5.74) is 7.56. The second-order valence-corrected chi connectivity index (χ2v) is 4.99. The molecule has 0 aliphatic rings. The Labute approximate surface area is 138 Å². The number of anilines is 1. The second-order valence-electron chi connectivity index (χ2n) is 4.99. The number of carbonyl (C=O) groups is 1. The molecule has 2 aromatic heterocycles. The number of likely N-dealkylation sites (N-methyl/N-ethyl adjacent to an activating group) is 1. The second kappa shape index (κ2) is 6.78. The normalized spacial score (nSPS) is 10.4. The Morgan fingerprint density at radius 2 is 2.12 bits per heavy atom. The number of hydrogen-bond acceptors (Lipinski definition) is 6. The van der Waals surface area contributed by atoms with Crippen LogP contribution in [0.1, 0.15) is 0 Å². The van der Waals surface area contributed by atoms with Crippen molar-refractivity contribution in [3.63, 3.8) is 0 Å². The van der Waals surface area contributed by atoms with E-state index in [1.807, 2.05) is 0 Å². The van der Waals surface area contributed by atoms with Gasteiger partial charge in [0.1, 0.15) is 24.3 Å². The molecule has 3 rings (SSSR count). The van der Waals surface area contributed by atoms with Crippen molar-refractivity contribution in [2.75, 3.05) is 12.8 Å². The molecule has 3 aromatic rings. The first-order chi connectivity index (χ1) is 11.6. The van der Waals surface area contributed by atoms with E-state index in [1.165, 1.54) is 11.0 Å². The summed E-state index contributed by atoms with van der Waals surface area (Å²) in [7, 11) is 1.58. The standard InChI is InChI=1S/C16H16N6O2/c1-18-15(23)9-22-6-5-13(21-22)14-8-16(20-10-19-14)24-12-4-2-3-11(17)7-12/h2-8,10H,9,17H2,1H3,(H,18,23). The van der Waals surface area contributed by atoms with E-state index in [1.54, 1.807) is 49.6 Å². The van der Waals surface area contributed by atoms with E-state index >= 15 is 0 Å². The highest BCUT2D eigenvalue weighted by atomic mass is 16.5. The van der Waals surface area contributed by atoms with Crippen LogP contribution in [0, 0.1) is 0 Å². The Balaban J connectivity index is 1.79. The van der Waals surface area contributed by atoms with Gasteiger partial charge in [-0.05, 0) is 18.2 Å². The number of nitrogens with two attached hydrogens (primary N) is 1. The van der Waals surface area contributed by atoms with Crippen LogP contribution in [0.5, 0.6) is 11.6 Å². The monoisotopic (exact) mass is 324 g/mol. The molecule has 0 fully saturated rings. The predicted molar refractivity (Wildman–Crippen MR) is 88.2 cm³/mol. The van der Waals surface area contributed by atoms with Crippen molar-refractivity contribution in [1.29, 1.82) is 0 Å². The molecule has 0 radical (unpaired) electrons. The Kier molecular flexibility index (Phi) is 4.37. The third-order valence-corrected chi connectivity index (χ3v) is 3.21. The van der Waals surface area contributed by atoms with E-state index in [0.29, 0.717) is 28.7 Å². The van der Waals surface area contributed by atoms with Crippen molar-refractivity contribution in [1.82, 2.24) is 25.1 Å². The largest absolute Gasteiger partial charge is 0.439 e. The highest BCUT2D eigenvalue weighted by Crippen LogP contribution is 2.24. The molecule has 1 aromatic carbocycles. The van der Waals surface area contributed by atoms with Gasteiger partial charge in [-0.1, -0.05) is 6.07 Å². The Bertz CT molecular complexity index is 861. The van der Waals surface area contributed by atoms with Crippen LogP contribution in [-0.2, 0) is 11.3 Å². The molecule has 8 nitrogen and oxygen atoms in total. The minimum absolute atomic E-state index is 0.127. The van der Waals surface area contributed by atoms with Crippen molar-refractivity contribution < 1.29 is 9.53 Å². The van der Waals surface area contributed by atoms with Crippen molar-refractivity contribution in [2.24, 2.45) is 0 Å². The number of aromatic nitrogens is 4. The summed E-state index contributed by atoms with van der Waals surface area (Å²) in [5, 5.41) is 6.87. The molecule has 24 heavy (non-hydrogen) atoms. The third kappa shape index (κ3) is 3.67. The lowest BCUT2D eigenvalue weighted by Gasteiger charge is -2.06. The van der Waals surface area contributed by atoms with Gasteiger partial charge in [0.05, 0.1) is 5.69 Å². The Morgan fingerprint density at radius 3 is 2.92 bits per heavy atom. The molecule has 0 atom stereocenters. The zero-order chi connectivity index (χ0) is 16.9. The van der Waals surface area contributed by atoms with E-state index in [-0.39, 0.29) is 12.5 Å². The topological polar surface area (TPSA) is 108 Å². The van der Waals surface area contributed by atoms with Gasteiger partial charge in [-0.2, -0.15) is 5.10 Å². The van der Waals surface area contributed by atoms with Crippen molar-refractivity contribution >= 4 is 11.6 Å². The molecule has 0 spiro atoms.